The average molecular weight is 568 g/mol. The predicted molar refractivity (Wildman–Crippen MR) is 138 cm³/mol. The van der Waals surface area contributed by atoms with Gasteiger partial charge in [0, 0.05) is 17.8 Å². The number of benzene rings is 2. The Morgan fingerprint density at radius 2 is 1.84 bits per heavy atom. The van der Waals surface area contributed by atoms with Crippen LogP contribution in [0.25, 0.3) is 0 Å². The first-order chi connectivity index (χ1) is 17.7. The standard InChI is InChI=1S/C25H24ClF2N3O6S/c1-25(2,34)24(33)30-14-31(38(3,35)36)19-7-4-15(10-20(19)30)12-29-9-8-21(22(26)23(29)32)37-13-16-5-6-17(27)11-18(16)28/h4-11,34H,12-14H2,1-3H3. The van der Waals surface area contributed by atoms with Crippen LogP contribution in [-0.2, 0) is 28.0 Å². The number of amides is 1. The fraction of sp³-hybridized carbons (Fsp3) is 0.280. The van der Waals surface area contributed by atoms with Crippen LogP contribution in [0, 0.1) is 11.6 Å². The number of fused-ring (bicyclic) bond motifs is 1. The summed E-state index contributed by atoms with van der Waals surface area (Å²) < 4.78 is 59.4. The topological polar surface area (TPSA) is 109 Å². The zero-order chi connectivity index (χ0) is 28.0. The molecule has 1 aliphatic rings. The monoisotopic (exact) mass is 567 g/mol. The quantitative estimate of drug-likeness (QED) is 0.469. The maximum atomic E-state index is 13.9. The summed E-state index contributed by atoms with van der Waals surface area (Å²) in [6.07, 6.45) is 2.43. The molecule has 0 fully saturated rings. The van der Waals surface area contributed by atoms with Crippen LogP contribution in [0.3, 0.4) is 0 Å². The highest BCUT2D eigenvalue weighted by Gasteiger charge is 2.40. The van der Waals surface area contributed by atoms with Gasteiger partial charge in [-0.3, -0.25) is 14.5 Å². The fourth-order valence-corrected chi connectivity index (χ4v) is 4.98. The molecule has 1 aliphatic heterocycles. The van der Waals surface area contributed by atoms with Crippen LogP contribution in [0.15, 0.2) is 53.5 Å². The van der Waals surface area contributed by atoms with Crippen molar-refractivity contribution in [1.29, 1.82) is 0 Å². The average Bonchev–Trinajstić information content (AvgIpc) is 3.21. The molecule has 0 atom stereocenters. The van der Waals surface area contributed by atoms with E-state index in [4.69, 9.17) is 16.3 Å². The van der Waals surface area contributed by atoms with E-state index in [1.807, 2.05) is 0 Å². The molecule has 0 unspecified atom stereocenters. The van der Waals surface area contributed by atoms with Crippen molar-refractivity contribution < 1.29 is 31.8 Å². The van der Waals surface area contributed by atoms with Gasteiger partial charge in [0.15, 0.2) is 0 Å². The Morgan fingerprint density at radius 3 is 2.47 bits per heavy atom. The summed E-state index contributed by atoms with van der Waals surface area (Å²) in [5.41, 5.74) is -1.20. The zero-order valence-electron chi connectivity index (χ0n) is 20.6. The lowest BCUT2D eigenvalue weighted by Crippen LogP contribution is -2.47. The van der Waals surface area contributed by atoms with Crippen LogP contribution in [0.4, 0.5) is 20.2 Å². The van der Waals surface area contributed by atoms with Gasteiger partial charge < -0.3 is 14.4 Å². The maximum absolute atomic E-state index is 13.9. The number of nitrogens with zero attached hydrogens (tertiary/aromatic N) is 3. The Kier molecular flexibility index (Phi) is 7.26. The van der Waals surface area contributed by atoms with Crippen LogP contribution in [-0.4, -0.2) is 42.5 Å². The van der Waals surface area contributed by atoms with E-state index in [1.54, 1.807) is 12.1 Å². The number of halogens is 3. The van der Waals surface area contributed by atoms with E-state index in [1.165, 1.54) is 47.7 Å². The van der Waals surface area contributed by atoms with Gasteiger partial charge in [0.1, 0.15) is 41.3 Å². The number of anilines is 2. The molecule has 0 aliphatic carbocycles. The van der Waals surface area contributed by atoms with Crippen molar-refractivity contribution in [3.63, 3.8) is 0 Å². The lowest BCUT2D eigenvalue weighted by atomic mass is 10.1. The molecule has 0 saturated heterocycles. The normalized spacial score (nSPS) is 13.6. The fourth-order valence-electron chi connectivity index (χ4n) is 3.92. The van der Waals surface area contributed by atoms with Gasteiger partial charge in [-0.1, -0.05) is 17.7 Å². The van der Waals surface area contributed by atoms with Crippen LogP contribution >= 0.6 is 11.6 Å². The smallest absolute Gasteiger partial charge is 0.273 e. The first-order valence-electron chi connectivity index (χ1n) is 11.3. The molecule has 3 aromatic rings. The molecule has 1 N–H and O–H groups in total. The number of hydrogen-bond donors (Lipinski definition) is 1. The zero-order valence-corrected chi connectivity index (χ0v) is 22.2. The van der Waals surface area contributed by atoms with Crippen molar-refractivity contribution in [2.45, 2.75) is 32.6 Å². The van der Waals surface area contributed by atoms with Gasteiger partial charge in [0.2, 0.25) is 10.0 Å². The van der Waals surface area contributed by atoms with Gasteiger partial charge in [-0.2, -0.15) is 0 Å². The summed E-state index contributed by atoms with van der Waals surface area (Å²) >= 11 is 6.21. The first kappa shape index (κ1) is 27.6. The minimum atomic E-state index is -3.72. The summed E-state index contributed by atoms with van der Waals surface area (Å²) in [4.78, 5) is 26.9. The predicted octanol–water partition coefficient (Wildman–Crippen LogP) is 3.25. The van der Waals surface area contributed by atoms with Gasteiger partial charge in [-0.25, -0.2) is 21.5 Å². The Bertz CT molecular complexity index is 1590. The highest BCUT2D eigenvalue weighted by molar-refractivity contribution is 7.92. The molecule has 0 saturated carbocycles. The van der Waals surface area contributed by atoms with Crippen molar-refractivity contribution in [3.05, 3.63) is 86.8 Å². The summed E-state index contributed by atoms with van der Waals surface area (Å²) in [7, 11) is -3.72. The number of aliphatic hydroxyl groups is 1. The molecule has 0 radical (unpaired) electrons. The van der Waals surface area contributed by atoms with Crippen LogP contribution in [0.2, 0.25) is 5.02 Å². The molecule has 0 bridgehead atoms. The second-order valence-corrected chi connectivity index (χ2v) is 11.6. The van der Waals surface area contributed by atoms with E-state index in [2.05, 4.69) is 0 Å². The van der Waals surface area contributed by atoms with Gasteiger partial charge in [-0.05, 0) is 49.7 Å². The highest BCUT2D eigenvalue weighted by Crippen LogP contribution is 2.39. The Balaban J connectivity index is 1.60. The van der Waals surface area contributed by atoms with Gasteiger partial charge in [0.05, 0.1) is 24.2 Å². The molecule has 9 nitrogen and oxygen atoms in total. The molecule has 13 heteroatoms. The van der Waals surface area contributed by atoms with E-state index in [-0.39, 0.29) is 47.5 Å². The lowest BCUT2D eigenvalue weighted by Gasteiger charge is -2.25. The Labute approximate surface area is 222 Å². The number of carbonyl (C=O) groups excluding carboxylic acids is 1. The number of aromatic nitrogens is 1. The molecule has 202 valence electrons. The molecule has 1 amide bonds. The van der Waals surface area contributed by atoms with Gasteiger partial charge in [0.25, 0.3) is 11.5 Å². The minimum Gasteiger partial charge on any atom is -0.487 e. The van der Waals surface area contributed by atoms with E-state index in [9.17, 15) is 31.9 Å². The maximum Gasteiger partial charge on any atom is 0.273 e. The second-order valence-electron chi connectivity index (χ2n) is 9.32. The minimum absolute atomic E-state index is 0.0105. The van der Waals surface area contributed by atoms with E-state index in [0.29, 0.717) is 5.56 Å². The number of hydrogen-bond acceptors (Lipinski definition) is 6. The largest absolute Gasteiger partial charge is 0.487 e. The van der Waals surface area contributed by atoms with Crippen molar-refractivity contribution in [2.24, 2.45) is 0 Å². The second kappa shape index (κ2) is 10.0. The Hall–Kier alpha value is -3.48. The molecule has 0 spiro atoms. The molecule has 4 rings (SSSR count). The molecule has 2 heterocycles. The summed E-state index contributed by atoms with van der Waals surface area (Å²) in [5, 5.41) is 9.98. The summed E-state index contributed by atoms with van der Waals surface area (Å²) in [6.45, 7) is 2.05. The number of ether oxygens (including phenoxy) is 1. The van der Waals surface area contributed by atoms with Crippen LogP contribution in [0.5, 0.6) is 5.75 Å². The summed E-state index contributed by atoms with van der Waals surface area (Å²) in [5.74, 6) is -2.20. The molecular weight excluding hydrogens is 544 g/mol. The number of rotatable bonds is 7. The first-order valence-corrected chi connectivity index (χ1v) is 13.5. The van der Waals surface area contributed by atoms with Crippen molar-refractivity contribution in [3.8, 4) is 5.75 Å². The third kappa shape index (κ3) is 5.52. The van der Waals surface area contributed by atoms with Crippen LogP contribution < -0.4 is 19.5 Å². The van der Waals surface area contributed by atoms with E-state index < -0.39 is 38.7 Å². The van der Waals surface area contributed by atoms with Gasteiger partial charge >= 0.3 is 0 Å². The SMILES string of the molecule is CC(C)(O)C(=O)N1CN(S(C)(=O)=O)c2ccc(Cn3ccc(OCc4ccc(F)cc4F)c(Cl)c3=O)cc21. The lowest BCUT2D eigenvalue weighted by molar-refractivity contribution is -0.133. The molecule has 2 aromatic carbocycles. The molecule has 38 heavy (non-hydrogen) atoms. The van der Waals surface area contributed by atoms with Gasteiger partial charge in [-0.15, -0.1) is 0 Å². The third-order valence-electron chi connectivity index (χ3n) is 5.86. The number of pyridine rings is 1. The number of sulfonamides is 1. The van der Waals surface area contributed by atoms with E-state index in [0.717, 1.165) is 22.7 Å². The summed E-state index contributed by atoms with van der Waals surface area (Å²) in [6, 6.07) is 9.15. The van der Waals surface area contributed by atoms with Crippen molar-refractivity contribution in [1.82, 2.24) is 4.57 Å². The van der Waals surface area contributed by atoms with Crippen molar-refractivity contribution >= 4 is 38.9 Å². The Morgan fingerprint density at radius 1 is 1.13 bits per heavy atom. The molecular formula is C25H24ClF2N3O6S. The third-order valence-corrected chi connectivity index (χ3v) is 7.32. The molecule has 1 aromatic heterocycles. The van der Waals surface area contributed by atoms with E-state index >= 15 is 0 Å². The van der Waals surface area contributed by atoms with Crippen molar-refractivity contribution in [2.75, 3.05) is 22.1 Å². The highest BCUT2D eigenvalue weighted by atomic mass is 35.5. The van der Waals surface area contributed by atoms with Crippen LogP contribution in [0.1, 0.15) is 25.0 Å². The number of carbonyl (C=O) groups is 1.